The first-order valence-electron chi connectivity index (χ1n) is 11.3. The molecule has 1 aromatic carbocycles. The molecule has 0 radical (unpaired) electrons. The van der Waals surface area contributed by atoms with Gasteiger partial charge in [0.25, 0.3) is 0 Å². The van der Waals surface area contributed by atoms with Gasteiger partial charge in [0.15, 0.2) is 5.96 Å². The lowest BCUT2D eigenvalue weighted by Crippen LogP contribution is -2.49. The van der Waals surface area contributed by atoms with Crippen molar-refractivity contribution in [3.05, 3.63) is 53.4 Å². The monoisotopic (exact) mass is 554 g/mol. The zero-order valence-electron chi connectivity index (χ0n) is 18.4. The van der Waals surface area contributed by atoms with Crippen LogP contribution >= 0.6 is 35.3 Å². The molecular weight excluding hydrogens is 519 g/mol. The molecule has 2 aromatic rings. The van der Waals surface area contributed by atoms with Crippen molar-refractivity contribution in [3.8, 4) is 0 Å². The van der Waals surface area contributed by atoms with Gasteiger partial charge in [0.2, 0.25) is 0 Å². The van der Waals surface area contributed by atoms with Gasteiger partial charge in [-0.15, -0.1) is 35.3 Å². The van der Waals surface area contributed by atoms with E-state index in [2.05, 4.69) is 70.3 Å². The number of hydrogen-bond acceptors (Lipinski definition) is 4. The molecule has 2 N–H and O–H groups in total. The summed E-state index contributed by atoms with van der Waals surface area (Å²) in [6.45, 7) is 7.64. The van der Waals surface area contributed by atoms with Gasteiger partial charge in [-0.3, -0.25) is 4.99 Å². The Hall–Kier alpha value is -1.32. The molecule has 170 valence electrons. The lowest BCUT2D eigenvalue weighted by Gasteiger charge is -2.37. The molecule has 2 saturated heterocycles. The summed E-state index contributed by atoms with van der Waals surface area (Å²) in [5, 5.41) is 10.7. The van der Waals surface area contributed by atoms with Gasteiger partial charge in [0, 0.05) is 44.3 Å². The third-order valence-corrected chi connectivity index (χ3v) is 7.30. The van der Waals surface area contributed by atoms with Crippen LogP contribution in [0.15, 0.2) is 52.8 Å². The molecule has 0 atom stereocenters. The minimum atomic E-state index is 0. The van der Waals surface area contributed by atoms with Crippen molar-refractivity contribution in [2.24, 2.45) is 4.99 Å². The second-order valence-corrected chi connectivity index (χ2v) is 9.24. The Morgan fingerprint density at radius 3 is 2.52 bits per heavy atom. The Morgan fingerprint density at radius 1 is 1.13 bits per heavy atom. The Balaban J connectivity index is 0.00000272. The summed E-state index contributed by atoms with van der Waals surface area (Å²) in [4.78, 5) is 7.58. The molecule has 0 amide bonds. The number of anilines is 1. The molecule has 0 bridgehead atoms. The van der Waals surface area contributed by atoms with Gasteiger partial charge in [-0.25, -0.2) is 0 Å². The maximum Gasteiger partial charge on any atom is 0.191 e. The predicted molar refractivity (Wildman–Crippen MR) is 142 cm³/mol. The number of ether oxygens (including phenoxy) is 1. The highest BCUT2D eigenvalue weighted by molar-refractivity contribution is 14.0. The predicted octanol–water partition coefficient (Wildman–Crippen LogP) is 4.64. The highest BCUT2D eigenvalue weighted by Gasteiger charge is 2.34. The second kappa shape index (κ2) is 12.1. The molecule has 3 heterocycles. The van der Waals surface area contributed by atoms with Crippen LogP contribution in [0.1, 0.15) is 38.2 Å². The van der Waals surface area contributed by atoms with E-state index in [1.165, 1.54) is 10.6 Å². The number of guanidine groups is 1. The van der Waals surface area contributed by atoms with Gasteiger partial charge in [-0.1, -0.05) is 30.3 Å². The molecule has 0 unspecified atom stereocenters. The fourth-order valence-electron chi connectivity index (χ4n) is 4.53. The third-order valence-electron chi connectivity index (χ3n) is 6.37. The highest BCUT2D eigenvalue weighted by atomic mass is 127. The smallest absolute Gasteiger partial charge is 0.191 e. The Bertz CT molecular complexity index is 785. The van der Waals surface area contributed by atoms with Crippen LogP contribution < -0.4 is 15.5 Å². The molecule has 2 aliphatic rings. The molecule has 0 spiro atoms. The summed E-state index contributed by atoms with van der Waals surface area (Å²) in [6.07, 6.45) is 4.33. The average molecular weight is 555 g/mol. The van der Waals surface area contributed by atoms with Crippen molar-refractivity contribution in [2.75, 3.05) is 44.3 Å². The van der Waals surface area contributed by atoms with Crippen LogP contribution in [0.25, 0.3) is 0 Å². The number of nitrogens with zero attached hydrogens (tertiary/aromatic N) is 2. The number of benzene rings is 1. The van der Waals surface area contributed by atoms with E-state index in [1.807, 2.05) is 11.3 Å². The largest absolute Gasteiger partial charge is 0.381 e. The first-order valence-corrected chi connectivity index (χ1v) is 12.1. The molecule has 0 aliphatic carbocycles. The van der Waals surface area contributed by atoms with Crippen molar-refractivity contribution in [1.82, 2.24) is 10.6 Å². The number of hydrogen-bond donors (Lipinski definition) is 2. The lowest BCUT2D eigenvalue weighted by atomic mass is 9.74. The van der Waals surface area contributed by atoms with Crippen LogP contribution in [0.5, 0.6) is 0 Å². The van der Waals surface area contributed by atoms with Crippen molar-refractivity contribution in [2.45, 2.75) is 44.1 Å². The van der Waals surface area contributed by atoms with Crippen LogP contribution in [0.2, 0.25) is 0 Å². The number of thiophene rings is 1. The maximum absolute atomic E-state index is 5.68. The van der Waals surface area contributed by atoms with Crippen molar-refractivity contribution in [1.29, 1.82) is 0 Å². The van der Waals surface area contributed by atoms with Crippen LogP contribution in [-0.4, -0.2) is 51.4 Å². The summed E-state index contributed by atoms with van der Waals surface area (Å²) >= 11 is 1.83. The number of piperidine rings is 1. The molecule has 31 heavy (non-hydrogen) atoms. The Kier molecular flexibility index (Phi) is 9.47. The molecule has 7 heteroatoms. The van der Waals surface area contributed by atoms with Gasteiger partial charge in [-0.2, -0.15) is 0 Å². The van der Waals surface area contributed by atoms with E-state index in [1.54, 1.807) is 0 Å². The van der Waals surface area contributed by atoms with Gasteiger partial charge >= 0.3 is 0 Å². The van der Waals surface area contributed by atoms with E-state index in [9.17, 15) is 0 Å². The number of aliphatic imine (C=N–C) groups is 1. The molecule has 2 aliphatic heterocycles. The number of nitrogens with one attached hydrogen (secondary N) is 2. The Morgan fingerprint density at radius 2 is 1.87 bits per heavy atom. The zero-order chi connectivity index (χ0) is 20.7. The van der Waals surface area contributed by atoms with Gasteiger partial charge in [0.1, 0.15) is 0 Å². The van der Waals surface area contributed by atoms with Gasteiger partial charge in [0.05, 0.1) is 11.5 Å². The molecule has 4 rings (SSSR count). The number of rotatable bonds is 6. The van der Waals surface area contributed by atoms with E-state index < -0.39 is 0 Å². The Labute approximate surface area is 207 Å². The first-order chi connectivity index (χ1) is 14.8. The van der Waals surface area contributed by atoms with E-state index in [-0.39, 0.29) is 29.4 Å². The van der Waals surface area contributed by atoms with Crippen LogP contribution in [0.3, 0.4) is 0 Å². The summed E-state index contributed by atoms with van der Waals surface area (Å²) < 4.78 is 5.68. The first kappa shape index (κ1) is 24.3. The minimum absolute atomic E-state index is 0. The molecule has 0 saturated carbocycles. The lowest BCUT2D eigenvalue weighted by molar-refractivity contribution is 0.0531. The van der Waals surface area contributed by atoms with E-state index in [0.29, 0.717) is 6.04 Å². The van der Waals surface area contributed by atoms with Crippen LogP contribution in [0.4, 0.5) is 5.00 Å². The van der Waals surface area contributed by atoms with Gasteiger partial charge < -0.3 is 20.3 Å². The zero-order valence-corrected chi connectivity index (χ0v) is 21.5. The number of halogens is 1. The molecule has 5 nitrogen and oxygen atoms in total. The third kappa shape index (κ3) is 6.35. The van der Waals surface area contributed by atoms with Crippen molar-refractivity contribution < 1.29 is 4.74 Å². The maximum atomic E-state index is 5.68. The summed E-state index contributed by atoms with van der Waals surface area (Å²) in [5.74, 6) is 0.953. The van der Waals surface area contributed by atoms with Crippen molar-refractivity contribution in [3.63, 3.8) is 0 Å². The quantitative estimate of drug-likeness (QED) is 0.311. The molecule has 2 fully saturated rings. The minimum Gasteiger partial charge on any atom is -0.381 e. The summed E-state index contributed by atoms with van der Waals surface area (Å²) in [6, 6.07) is 15.7. The van der Waals surface area contributed by atoms with Crippen LogP contribution in [-0.2, 0) is 10.2 Å². The topological polar surface area (TPSA) is 48.9 Å². The SMILES string of the molecule is CCNC(=NCC1(c2ccccc2)CCOCC1)NC1CCN(c2cccs2)CC1.I. The van der Waals surface area contributed by atoms with Crippen LogP contribution in [0, 0.1) is 0 Å². The second-order valence-electron chi connectivity index (χ2n) is 8.31. The summed E-state index contributed by atoms with van der Waals surface area (Å²) in [7, 11) is 0. The fourth-order valence-corrected chi connectivity index (χ4v) is 5.32. The van der Waals surface area contributed by atoms with Crippen molar-refractivity contribution >= 4 is 46.3 Å². The summed E-state index contributed by atoms with van der Waals surface area (Å²) in [5.41, 5.74) is 1.46. The van der Waals surface area contributed by atoms with E-state index >= 15 is 0 Å². The van der Waals surface area contributed by atoms with Gasteiger partial charge in [-0.05, 0) is 55.7 Å². The average Bonchev–Trinajstić information content (AvgIpc) is 3.34. The normalized spacial score (nSPS) is 19.5. The van der Waals surface area contributed by atoms with E-state index in [4.69, 9.17) is 9.73 Å². The standard InChI is InChI=1S/C24H34N4OS.HI/c1-2-25-23(27-21-10-14-28(15-11-21)22-9-6-18-30-22)26-19-24(12-16-29-17-13-24)20-7-4-3-5-8-20;/h3-9,18,21H,2,10-17,19H2,1H3,(H2,25,26,27);1H. The fraction of sp³-hybridized carbons (Fsp3) is 0.542. The molecular formula is C24H35IN4OS. The molecule has 1 aromatic heterocycles. The van der Waals surface area contributed by atoms with E-state index in [0.717, 1.165) is 71.0 Å². The highest BCUT2D eigenvalue weighted by Crippen LogP contribution is 2.35.